The molecule has 2 aliphatic heterocycles. The molecule has 1 atom stereocenters. The predicted molar refractivity (Wildman–Crippen MR) is 87.0 cm³/mol. The third-order valence-electron chi connectivity index (χ3n) is 4.81. The minimum Gasteiger partial charge on any atom is -0.387 e. The van der Waals surface area contributed by atoms with Gasteiger partial charge in [0.25, 0.3) is 0 Å². The highest BCUT2D eigenvalue weighted by atomic mass is 16.3. The first-order valence-electron chi connectivity index (χ1n) is 8.38. The number of likely N-dealkylation sites (N-methyl/N-ethyl adjacent to an activating group) is 1. The summed E-state index contributed by atoms with van der Waals surface area (Å²) < 4.78 is 0. The van der Waals surface area contributed by atoms with E-state index in [4.69, 9.17) is 0 Å². The molecule has 6 heteroatoms. The molecule has 3 heterocycles. The zero-order chi connectivity index (χ0) is 15.4. The van der Waals surface area contributed by atoms with Crippen LogP contribution in [0.1, 0.15) is 19.8 Å². The molecule has 2 saturated heterocycles. The summed E-state index contributed by atoms with van der Waals surface area (Å²) in [6.45, 7) is 9.71. The summed E-state index contributed by atoms with van der Waals surface area (Å²) in [6, 6.07) is 1.85. The average Bonchev–Trinajstić information content (AvgIpc) is 2.56. The summed E-state index contributed by atoms with van der Waals surface area (Å²) in [5, 5.41) is 10.9. The van der Waals surface area contributed by atoms with Gasteiger partial charge in [0.2, 0.25) is 5.95 Å². The van der Waals surface area contributed by atoms with Gasteiger partial charge in [-0.2, -0.15) is 0 Å². The van der Waals surface area contributed by atoms with E-state index in [1.54, 1.807) is 12.4 Å². The molecule has 0 aliphatic carbocycles. The molecule has 2 aliphatic rings. The lowest BCUT2D eigenvalue weighted by Crippen LogP contribution is -2.57. The zero-order valence-electron chi connectivity index (χ0n) is 13.5. The Labute approximate surface area is 132 Å². The fourth-order valence-electron chi connectivity index (χ4n) is 3.58. The molecule has 0 radical (unpaired) electrons. The van der Waals surface area contributed by atoms with Gasteiger partial charge in [0, 0.05) is 51.7 Å². The van der Waals surface area contributed by atoms with Crippen molar-refractivity contribution in [1.82, 2.24) is 19.8 Å². The van der Waals surface area contributed by atoms with Gasteiger partial charge < -0.3 is 14.9 Å². The summed E-state index contributed by atoms with van der Waals surface area (Å²) in [6.07, 6.45) is 5.60. The molecular formula is C16H27N5O. The Morgan fingerprint density at radius 3 is 2.50 bits per heavy atom. The second-order valence-corrected chi connectivity index (χ2v) is 6.51. The molecule has 6 nitrogen and oxygen atoms in total. The molecule has 0 amide bonds. The van der Waals surface area contributed by atoms with E-state index in [-0.39, 0.29) is 0 Å². The van der Waals surface area contributed by atoms with Gasteiger partial charge in [-0.05, 0) is 32.0 Å². The highest BCUT2D eigenvalue weighted by Gasteiger charge is 2.35. The van der Waals surface area contributed by atoms with Crippen molar-refractivity contribution in [2.24, 2.45) is 0 Å². The second kappa shape index (κ2) is 6.89. The third-order valence-corrected chi connectivity index (χ3v) is 4.81. The summed E-state index contributed by atoms with van der Waals surface area (Å²) in [7, 11) is 0. The molecule has 0 bridgehead atoms. The number of aliphatic hydroxyl groups is 1. The van der Waals surface area contributed by atoms with Crippen LogP contribution >= 0.6 is 0 Å². The minimum atomic E-state index is -0.542. The van der Waals surface area contributed by atoms with E-state index >= 15 is 0 Å². The smallest absolute Gasteiger partial charge is 0.225 e. The quantitative estimate of drug-likeness (QED) is 0.871. The first-order chi connectivity index (χ1) is 10.7. The van der Waals surface area contributed by atoms with Crippen LogP contribution in [0.2, 0.25) is 0 Å². The number of aromatic nitrogens is 2. The van der Waals surface area contributed by atoms with E-state index in [1.807, 2.05) is 6.07 Å². The van der Waals surface area contributed by atoms with Crippen LogP contribution in [0.3, 0.4) is 0 Å². The van der Waals surface area contributed by atoms with Crippen molar-refractivity contribution in [3.8, 4) is 0 Å². The number of anilines is 1. The van der Waals surface area contributed by atoms with Gasteiger partial charge >= 0.3 is 0 Å². The van der Waals surface area contributed by atoms with Gasteiger partial charge in [0.15, 0.2) is 0 Å². The van der Waals surface area contributed by atoms with Crippen LogP contribution < -0.4 is 4.90 Å². The van der Waals surface area contributed by atoms with E-state index in [0.29, 0.717) is 0 Å². The Balaban J connectivity index is 1.51. The number of likely N-dealkylation sites (tertiary alicyclic amines) is 1. The van der Waals surface area contributed by atoms with Gasteiger partial charge in [0.1, 0.15) is 0 Å². The largest absolute Gasteiger partial charge is 0.387 e. The molecule has 0 spiro atoms. The van der Waals surface area contributed by atoms with Crippen LogP contribution in [0, 0.1) is 0 Å². The molecule has 2 fully saturated rings. The van der Waals surface area contributed by atoms with Gasteiger partial charge in [-0.15, -0.1) is 0 Å². The Morgan fingerprint density at radius 2 is 1.82 bits per heavy atom. The number of piperidine rings is 1. The van der Waals surface area contributed by atoms with Crippen molar-refractivity contribution in [2.45, 2.75) is 25.4 Å². The molecule has 1 N–H and O–H groups in total. The molecule has 22 heavy (non-hydrogen) atoms. The molecule has 1 unspecified atom stereocenters. The Kier molecular flexibility index (Phi) is 4.90. The maximum absolute atomic E-state index is 10.9. The predicted octanol–water partition coefficient (Wildman–Crippen LogP) is 0.445. The summed E-state index contributed by atoms with van der Waals surface area (Å²) in [4.78, 5) is 15.6. The SMILES string of the molecule is CCN1CCCC(O)(CN2CCN(c3ncccn3)CC2)C1. The lowest BCUT2D eigenvalue weighted by Gasteiger charge is -2.43. The van der Waals surface area contributed by atoms with E-state index in [9.17, 15) is 5.11 Å². The number of hydrogen-bond donors (Lipinski definition) is 1. The van der Waals surface area contributed by atoms with Crippen LogP contribution in [0.25, 0.3) is 0 Å². The minimum absolute atomic E-state index is 0.542. The monoisotopic (exact) mass is 305 g/mol. The number of β-amino-alcohol motifs (C(OH)–C–C–N with tert-alkyl or cyclic N) is 1. The fourth-order valence-corrected chi connectivity index (χ4v) is 3.58. The Morgan fingerprint density at radius 1 is 1.09 bits per heavy atom. The first-order valence-corrected chi connectivity index (χ1v) is 8.38. The molecule has 3 rings (SSSR count). The molecule has 1 aromatic heterocycles. The van der Waals surface area contributed by atoms with Crippen molar-refractivity contribution >= 4 is 5.95 Å². The van der Waals surface area contributed by atoms with Gasteiger partial charge in [-0.3, -0.25) is 4.90 Å². The van der Waals surface area contributed by atoms with E-state index in [0.717, 1.165) is 71.1 Å². The van der Waals surface area contributed by atoms with Crippen LogP contribution in [-0.2, 0) is 0 Å². The normalized spacial score (nSPS) is 28.0. The van der Waals surface area contributed by atoms with Crippen LogP contribution in [0.4, 0.5) is 5.95 Å². The van der Waals surface area contributed by atoms with E-state index in [1.165, 1.54) is 0 Å². The maximum Gasteiger partial charge on any atom is 0.225 e. The third kappa shape index (κ3) is 3.74. The highest BCUT2D eigenvalue weighted by Crippen LogP contribution is 2.23. The second-order valence-electron chi connectivity index (χ2n) is 6.51. The Bertz CT molecular complexity index is 463. The maximum atomic E-state index is 10.9. The Hall–Kier alpha value is -1.24. The first kappa shape index (κ1) is 15.6. The highest BCUT2D eigenvalue weighted by molar-refractivity contribution is 5.29. The average molecular weight is 305 g/mol. The lowest BCUT2D eigenvalue weighted by atomic mass is 9.92. The van der Waals surface area contributed by atoms with Gasteiger partial charge in [-0.1, -0.05) is 6.92 Å². The van der Waals surface area contributed by atoms with Crippen molar-refractivity contribution in [3.63, 3.8) is 0 Å². The van der Waals surface area contributed by atoms with Crippen molar-refractivity contribution < 1.29 is 5.11 Å². The molecular weight excluding hydrogens is 278 g/mol. The van der Waals surface area contributed by atoms with E-state index in [2.05, 4.69) is 31.6 Å². The molecule has 0 aromatic carbocycles. The van der Waals surface area contributed by atoms with E-state index < -0.39 is 5.60 Å². The standard InChI is InChI=1S/C16H27N5O/c1-2-19-8-3-5-16(22,13-19)14-20-9-11-21(12-10-20)15-17-6-4-7-18-15/h4,6-7,22H,2-3,5,8-14H2,1H3. The summed E-state index contributed by atoms with van der Waals surface area (Å²) >= 11 is 0. The van der Waals surface area contributed by atoms with Crippen LogP contribution in [0.15, 0.2) is 18.5 Å². The van der Waals surface area contributed by atoms with Crippen LogP contribution in [0.5, 0.6) is 0 Å². The van der Waals surface area contributed by atoms with Crippen LogP contribution in [-0.4, -0.2) is 82.8 Å². The van der Waals surface area contributed by atoms with Crippen molar-refractivity contribution in [2.75, 3.05) is 57.3 Å². The fraction of sp³-hybridized carbons (Fsp3) is 0.750. The summed E-state index contributed by atoms with van der Waals surface area (Å²) in [5.41, 5.74) is -0.542. The number of rotatable bonds is 4. The number of hydrogen-bond acceptors (Lipinski definition) is 6. The molecule has 122 valence electrons. The number of nitrogens with zero attached hydrogens (tertiary/aromatic N) is 5. The molecule has 0 saturated carbocycles. The number of piperazine rings is 1. The van der Waals surface area contributed by atoms with Gasteiger partial charge in [-0.25, -0.2) is 9.97 Å². The van der Waals surface area contributed by atoms with Crippen molar-refractivity contribution in [3.05, 3.63) is 18.5 Å². The molecule has 1 aromatic rings. The summed E-state index contributed by atoms with van der Waals surface area (Å²) in [5.74, 6) is 0.815. The van der Waals surface area contributed by atoms with Crippen molar-refractivity contribution in [1.29, 1.82) is 0 Å². The topological polar surface area (TPSA) is 55.7 Å². The van der Waals surface area contributed by atoms with Gasteiger partial charge in [0.05, 0.1) is 5.60 Å². The lowest BCUT2D eigenvalue weighted by molar-refractivity contribution is -0.0528. The zero-order valence-corrected chi connectivity index (χ0v) is 13.5.